The molecule has 0 saturated heterocycles. The summed E-state index contributed by atoms with van der Waals surface area (Å²) < 4.78 is 5.21. The maximum atomic E-state index is 9.82. The average molecular weight is 268 g/mol. The highest BCUT2D eigenvalue weighted by molar-refractivity contribution is 7.98. The van der Waals surface area contributed by atoms with Gasteiger partial charge in [-0.25, -0.2) is 0 Å². The largest absolute Gasteiger partial charge is 0.413 e. The number of nitrogens with zero attached hydrogens (tertiary/aromatic N) is 2. The molecule has 1 aromatic rings. The van der Waals surface area contributed by atoms with Crippen molar-refractivity contribution >= 4 is 24.2 Å². The van der Waals surface area contributed by atoms with Crippen LogP contribution in [0, 0.1) is 5.92 Å². The van der Waals surface area contributed by atoms with Gasteiger partial charge in [0.1, 0.15) is 6.10 Å². The van der Waals surface area contributed by atoms with Crippen molar-refractivity contribution in [2.24, 2.45) is 11.7 Å². The maximum Gasteiger partial charge on any atom is 0.276 e. The molecule has 0 fully saturated rings. The van der Waals surface area contributed by atoms with Crippen molar-refractivity contribution in [1.82, 2.24) is 10.2 Å². The Bertz CT molecular complexity index is 309. The zero-order chi connectivity index (χ0) is 11.4. The zero-order valence-corrected chi connectivity index (χ0v) is 11.2. The Balaban J connectivity index is 0.00000225. The van der Waals surface area contributed by atoms with Crippen molar-refractivity contribution in [2.45, 2.75) is 37.6 Å². The quantitative estimate of drug-likeness (QED) is 0.789. The van der Waals surface area contributed by atoms with E-state index in [9.17, 15) is 5.11 Å². The van der Waals surface area contributed by atoms with Gasteiger partial charge in [0.05, 0.1) is 0 Å². The number of aliphatic hydroxyl groups is 1. The SMILES string of the molecule is CSc1nnc(C(O)[C@@H](N)CC(C)C)o1.Cl. The molecule has 0 saturated carbocycles. The first-order valence-electron chi connectivity index (χ1n) is 4.85. The number of rotatable bonds is 5. The first-order chi connectivity index (χ1) is 7.04. The van der Waals surface area contributed by atoms with Gasteiger partial charge in [0.15, 0.2) is 0 Å². The van der Waals surface area contributed by atoms with E-state index >= 15 is 0 Å². The third-order valence-electron chi connectivity index (χ3n) is 2.00. The van der Waals surface area contributed by atoms with Crippen molar-refractivity contribution in [3.8, 4) is 0 Å². The summed E-state index contributed by atoms with van der Waals surface area (Å²) in [7, 11) is 0. The molecule has 0 radical (unpaired) electrons. The Labute approximate surface area is 106 Å². The number of hydrogen-bond acceptors (Lipinski definition) is 6. The van der Waals surface area contributed by atoms with Gasteiger partial charge in [-0.3, -0.25) is 0 Å². The second-order valence-electron chi connectivity index (χ2n) is 3.85. The standard InChI is InChI=1S/C9H17N3O2S.ClH/c1-5(2)4-6(10)7(13)8-11-12-9(14-8)15-3;/h5-7,13H,4,10H2,1-3H3;1H/t6-,7?;/m0./s1. The van der Waals surface area contributed by atoms with Gasteiger partial charge in [0.2, 0.25) is 5.89 Å². The Kier molecular flexibility index (Phi) is 6.98. The first kappa shape index (κ1) is 15.7. The molecule has 0 amide bonds. The summed E-state index contributed by atoms with van der Waals surface area (Å²) in [6.45, 7) is 4.10. The van der Waals surface area contributed by atoms with E-state index in [1.807, 2.05) is 20.1 Å². The van der Waals surface area contributed by atoms with Crippen molar-refractivity contribution in [3.63, 3.8) is 0 Å². The number of nitrogens with two attached hydrogens (primary N) is 1. The van der Waals surface area contributed by atoms with E-state index in [1.54, 1.807) is 0 Å². The summed E-state index contributed by atoms with van der Waals surface area (Å²) in [5, 5.41) is 17.8. The molecule has 5 nitrogen and oxygen atoms in total. The summed E-state index contributed by atoms with van der Waals surface area (Å²) in [5.74, 6) is 0.630. The van der Waals surface area contributed by atoms with Crippen LogP contribution in [0.3, 0.4) is 0 Å². The van der Waals surface area contributed by atoms with Crippen LogP contribution >= 0.6 is 24.2 Å². The average Bonchev–Trinajstić information content (AvgIpc) is 2.63. The van der Waals surface area contributed by atoms with E-state index in [-0.39, 0.29) is 24.3 Å². The number of halogens is 1. The van der Waals surface area contributed by atoms with Gasteiger partial charge in [0.25, 0.3) is 5.22 Å². The van der Waals surface area contributed by atoms with Crippen LogP contribution < -0.4 is 5.73 Å². The predicted molar refractivity (Wildman–Crippen MR) is 65.7 cm³/mol. The molecule has 0 aliphatic heterocycles. The maximum absolute atomic E-state index is 9.82. The van der Waals surface area contributed by atoms with Crippen molar-refractivity contribution in [1.29, 1.82) is 0 Å². The predicted octanol–water partition coefficient (Wildman–Crippen LogP) is 1.62. The molecule has 16 heavy (non-hydrogen) atoms. The summed E-state index contributed by atoms with van der Waals surface area (Å²) >= 11 is 1.34. The molecule has 94 valence electrons. The fourth-order valence-electron chi connectivity index (χ4n) is 1.28. The fourth-order valence-corrected chi connectivity index (χ4v) is 1.57. The van der Waals surface area contributed by atoms with E-state index in [4.69, 9.17) is 10.2 Å². The van der Waals surface area contributed by atoms with Crippen molar-refractivity contribution in [3.05, 3.63) is 5.89 Å². The Morgan fingerprint density at radius 1 is 1.44 bits per heavy atom. The van der Waals surface area contributed by atoms with Gasteiger partial charge in [0, 0.05) is 6.04 Å². The monoisotopic (exact) mass is 267 g/mol. The Morgan fingerprint density at radius 2 is 2.06 bits per heavy atom. The molecule has 0 bridgehead atoms. The molecule has 2 atom stereocenters. The lowest BCUT2D eigenvalue weighted by Gasteiger charge is -2.17. The topological polar surface area (TPSA) is 85.2 Å². The molecule has 1 rings (SSSR count). The number of hydrogen-bond donors (Lipinski definition) is 2. The molecule has 0 spiro atoms. The number of thioether (sulfide) groups is 1. The minimum atomic E-state index is -0.874. The van der Waals surface area contributed by atoms with Crippen molar-refractivity contribution in [2.75, 3.05) is 6.26 Å². The third kappa shape index (κ3) is 4.29. The molecular weight excluding hydrogens is 250 g/mol. The second kappa shape index (κ2) is 7.11. The normalized spacial score (nSPS) is 14.6. The minimum absolute atomic E-state index is 0. The summed E-state index contributed by atoms with van der Waals surface area (Å²) in [6.07, 6.45) is 1.68. The molecule has 7 heteroatoms. The van der Waals surface area contributed by atoms with E-state index in [0.717, 1.165) is 6.42 Å². The van der Waals surface area contributed by atoms with Crippen LogP contribution in [0.4, 0.5) is 0 Å². The van der Waals surface area contributed by atoms with E-state index in [1.165, 1.54) is 11.8 Å². The highest BCUT2D eigenvalue weighted by atomic mass is 35.5. The molecule has 0 aromatic carbocycles. The first-order valence-corrected chi connectivity index (χ1v) is 6.08. The van der Waals surface area contributed by atoms with Gasteiger partial charge in [-0.05, 0) is 18.6 Å². The molecule has 1 heterocycles. The third-order valence-corrected chi connectivity index (χ3v) is 2.51. The minimum Gasteiger partial charge on any atom is -0.413 e. The van der Waals surface area contributed by atoms with Crippen LogP contribution in [-0.4, -0.2) is 27.6 Å². The smallest absolute Gasteiger partial charge is 0.276 e. The highest BCUT2D eigenvalue weighted by Gasteiger charge is 2.23. The second-order valence-corrected chi connectivity index (χ2v) is 4.61. The van der Waals surface area contributed by atoms with Crippen LogP contribution in [-0.2, 0) is 0 Å². The van der Waals surface area contributed by atoms with Crippen LogP contribution in [0.1, 0.15) is 32.3 Å². The van der Waals surface area contributed by atoms with Gasteiger partial charge in [-0.15, -0.1) is 22.6 Å². The molecule has 1 unspecified atom stereocenters. The highest BCUT2D eigenvalue weighted by Crippen LogP contribution is 2.21. The van der Waals surface area contributed by atoms with E-state index in [0.29, 0.717) is 11.1 Å². The van der Waals surface area contributed by atoms with Gasteiger partial charge in [-0.1, -0.05) is 25.6 Å². The Morgan fingerprint density at radius 3 is 2.50 bits per heavy atom. The molecule has 0 aliphatic rings. The zero-order valence-electron chi connectivity index (χ0n) is 9.58. The lowest BCUT2D eigenvalue weighted by molar-refractivity contribution is 0.102. The van der Waals surface area contributed by atoms with Crippen LogP contribution in [0.25, 0.3) is 0 Å². The molecule has 3 N–H and O–H groups in total. The summed E-state index contributed by atoms with van der Waals surface area (Å²) in [6, 6.07) is -0.361. The Hall–Kier alpha value is -0.300. The van der Waals surface area contributed by atoms with Gasteiger partial charge in [-0.2, -0.15) is 0 Å². The number of aliphatic hydroxyl groups excluding tert-OH is 1. The summed E-state index contributed by atoms with van der Waals surface area (Å²) in [5.41, 5.74) is 5.82. The molecule has 0 aliphatic carbocycles. The molecular formula is C9H18ClN3O2S. The summed E-state index contributed by atoms with van der Waals surface area (Å²) in [4.78, 5) is 0. The van der Waals surface area contributed by atoms with Crippen LogP contribution in [0.15, 0.2) is 9.64 Å². The fraction of sp³-hybridized carbons (Fsp3) is 0.778. The lowest BCUT2D eigenvalue weighted by Crippen LogP contribution is -2.30. The number of aromatic nitrogens is 2. The van der Waals surface area contributed by atoms with Crippen molar-refractivity contribution < 1.29 is 9.52 Å². The molecule has 1 aromatic heterocycles. The van der Waals surface area contributed by atoms with E-state index in [2.05, 4.69) is 10.2 Å². The van der Waals surface area contributed by atoms with Gasteiger partial charge >= 0.3 is 0 Å². The van der Waals surface area contributed by atoms with Gasteiger partial charge < -0.3 is 15.3 Å². The lowest BCUT2D eigenvalue weighted by atomic mass is 10.0. The van der Waals surface area contributed by atoms with Crippen LogP contribution in [0.5, 0.6) is 0 Å². The van der Waals surface area contributed by atoms with Crippen LogP contribution in [0.2, 0.25) is 0 Å². The van der Waals surface area contributed by atoms with E-state index < -0.39 is 6.10 Å².